The number of ether oxygens (including phenoxy) is 7. The molecule has 344 valence electrons. The second-order valence-corrected chi connectivity index (χ2v) is 16.1. The minimum absolute atomic E-state index is 0.0597. The van der Waals surface area contributed by atoms with Gasteiger partial charge in [-0.15, -0.1) is 0 Å². The average molecular weight is 901 g/mol. The first kappa shape index (κ1) is 43.9. The molecular formula is C45H48N4O16. The van der Waals surface area contributed by atoms with Gasteiger partial charge in [-0.1, -0.05) is 36.4 Å². The molecule has 10 unspecified atom stereocenters. The third-order valence-corrected chi connectivity index (χ3v) is 12.2. The number of esters is 1. The molecule has 11 N–H and O–H groups in total. The maximum atomic E-state index is 12.7. The zero-order valence-corrected chi connectivity index (χ0v) is 34.6. The lowest BCUT2D eigenvalue weighted by Gasteiger charge is -2.52. The van der Waals surface area contributed by atoms with Crippen LogP contribution in [0, 0.1) is 0 Å². The van der Waals surface area contributed by atoms with Crippen LogP contribution in [0.25, 0.3) is 10.9 Å². The third kappa shape index (κ3) is 7.97. The van der Waals surface area contributed by atoms with E-state index in [0.29, 0.717) is 34.7 Å². The van der Waals surface area contributed by atoms with Crippen LogP contribution in [0.1, 0.15) is 46.4 Å². The molecule has 9 rings (SSSR count). The second kappa shape index (κ2) is 17.9. The molecule has 2 aromatic heterocycles. The maximum Gasteiger partial charge on any atom is 0.317 e. The number of fused-ring (bicyclic) bond motifs is 6. The standard InChI is InChI=1S/C45H48N4O16/c46-43-42(63-32(55)17-31(53)54)45(9-11-48-43)41(58)36(56)37(57)44(65-45)61-25-15-24(19-49-18-23-8-10-47-35(23)27(49)20-51)33-30(16-25)62-29(14-22-4-2-1-3-5-22)34-26-6-7-28(60-21-52)39(59-13-12-50)38(26)64-40(33)34/h1-11,15-16,18,29,34,36-37,40-44,47-48,50-52,56-58H,12-14,17,19-21,46H2,(H,53,54). The molecule has 3 aromatic carbocycles. The van der Waals surface area contributed by atoms with Gasteiger partial charge in [0.25, 0.3) is 0 Å². The van der Waals surface area contributed by atoms with E-state index in [-0.39, 0.29) is 43.6 Å². The van der Waals surface area contributed by atoms with Crippen LogP contribution in [0.3, 0.4) is 0 Å². The van der Waals surface area contributed by atoms with Gasteiger partial charge in [0.2, 0.25) is 12.0 Å². The molecule has 0 bridgehead atoms. The Morgan fingerprint density at radius 1 is 0.969 bits per heavy atom. The van der Waals surface area contributed by atoms with Gasteiger partial charge in [0.15, 0.2) is 30.0 Å². The number of nitrogens with zero attached hydrogens (tertiary/aromatic N) is 1. The number of hydrogen-bond donors (Lipinski definition) is 10. The average Bonchev–Trinajstić information content (AvgIpc) is 3.99. The van der Waals surface area contributed by atoms with Gasteiger partial charge in [-0.25, -0.2) is 0 Å². The van der Waals surface area contributed by atoms with Crippen molar-refractivity contribution < 1.29 is 78.5 Å². The van der Waals surface area contributed by atoms with Crippen molar-refractivity contribution in [2.24, 2.45) is 5.73 Å². The summed E-state index contributed by atoms with van der Waals surface area (Å²) in [5, 5.41) is 77.1. The van der Waals surface area contributed by atoms with Gasteiger partial charge in [0, 0.05) is 47.9 Å². The Morgan fingerprint density at radius 3 is 2.54 bits per heavy atom. The third-order valence-electron chi connectivity index (χ3n) is 12.2. The minimum atomic E-state index is -2.15. The molecule has 0 aliphatic carbocycles. The van der Waals surface area contributed by atoms with E-state index >= 15 is 0 Å². The van der Waals surface area contributed by atoms with Crippen molar-refractivity contribution in [2.45, 2.75) is 86.6 Å². The largest absolute Gasteiger partial charge is 0.489 e. The van der Waals surface area contributed by atoms with E-state index in [1.165, 1.54) is 12.3 Å². The van der Waals surface area contributed by atoms with E-state index < -0.39 is 85.8 Å². The van der Waals surface area contributed by atoms with Gasteiger partial charge in [0.1, 0.15) is 61.2 Å². The number of aliphatic hydroxyl groups is 6. The number of H-pyrrole nitrogens is 1. The van der Waals surface area contributed by atoms with Crippen molar-refractivity contribution in [3.63, 3.8) is 0 Å². The first-order valence-electron chi connectivity index (χ1n) is 20.9. The number of carboxylic acid groups (broad SMARTS) is 1. The summed E-state index contributed by atoms with van der Waals surface area (Å²) in [5.41, 5.74) is 8.25. The predicted molar refractivity (Wildman–Crippen MR) is 224 cm³/mol. The predicted octanol–water partition coefficient (Wildman–Crippen LogP) is 0.775. The number of carboxylic acids is 1. The number of aromatic amines is 1. The van der Waals surface area contributed by atoms with E-state index in [4.69, 9.17) is 38.9 Å². The number of aromatic nitrogens is 2. The van der Waals surface area contributed by atoms with Gasteiger partial charge < -0.3 is 89.5 Å². The fourth-order valence-electron chi connectivity index (χ4n) is 9.34. The van der Waals surface area contributed by atoms with E-state index in [9.17, 15) is 45.3 Å². The van der Waals surface area contributed by atoms with E-state index in [1.54, 1.807) is 24.4 Å². The smallest absolute Gasteiger partial charge is 0.317 e. The molecule has 1 saturated heterocycles. The van der Waals surface area contributed by atoms with Gasteiger partial charge in [0.05, 0.1) is 30.3 Å². The van der Waals surface area contributed by atoms with Crippen molar-refractivity contribution in [1.29, 1.82) is 0 Å². The van der Waals surface area contributed by atoms with Crippen LogP contribution in [0.4, 0.5) is 0 Å². The molecule has 10 atom stereocenters. The molecule has 5 aromatic rings. The summed E-state index contributed by atoms with van der Waals surface area (Å²) in [6.45, 7) is -1.26. The van der Waals surface area contributed by atoms with Crippen molar-refractivity contribution in [3.8, 4) is 28.7 Å². The summed E-state index contributed by atoms with van der Waals surface area (Å²) in [6.07, 6.45) is -6.24. The van der Waals surface area contributed by atoms with Crippen LogP contribution in [-0.4, -0.2) is 126 Å². The number of benzene rings is 3. The molecule has 4 aliphatic heterocycles. The highest BCUT2D eigenvalue weighted by atomic mass is 16.7. The number of aliphatic carboxylic acids is 1. The first-order chi connectivity index (χ1) is 31.4. The van der Waals surface area contributed by atoms with Crippen LogP contribution in [-0.2, 0) is 38.6 Å². The normalized spacial score (nSPS) is 27.5. The Morgan fingerprint density at radius 2 is 1.78 bits per heavy atom. The summed E-state index contributed by atoms with van der Waals surface area (Å²) in [5.74, 6) is -2.07. The lowest BCUT2D eigenvalue weighted by molar-refractivity contribution is -0.321. The number of nitrogens with two attached hydrogens (primary N) is 1. The second-order valence-electron chi connectivity index (χ2n) is 16.1. The van der Waals surface area contributed by atoms with Crippen molar-refractivity contribution >= 4 is 22.8 Å². The summed E-state index contributed by atoms with van der Waals surface area (Å²) in [7, 11) is 0. The summed E-state index contributed by atoms with van der Waals surface area (Å²) in [6, 6.07) is 18.3. The van der Waals surface area contributed by atoms with E-state index in [2.05, 4.69) is 10.3 Å². The van der Waals surface area contributed by atoms with Crippen molar-refractivity contribution in [1.82, 2.24) is 14.9 Å². The SMILES string of the molecule is NC1NC=CC2(OC(Oc3cc(Cn4cc5cc[nH]c5c4CO)c4c(c3)OC(Cc3ccccc3)C3c5ccc(OCO)c(OCCO)c5OC43)C(O)C(O)C2O)C1OC(=O)CC(=O)O. The number of nitrogens with one attached hydrogen (secondary N) is 2. The lowest BCUT2D eigenvalue weighted by atomic mass is 9.79. The van der Waals surface area contributed by atoms with Crippen molar-refractivity contribution in [3.05, 3.63) is 113 Å². The van der Waals surface area contributed by atoms with Crippen LogP contribution in [0.5, 0.6) is 28.7 Å². The Balaban J connectivity index is 1.16. The Labute approximate surface area is 369 Å². The highest BCUT2D eigenvalue weighted by Gasteiger charge is 2.61. The van der Waals surface area contributed by atoms with Crippen LogP contribution < -0.4 is 34.7 Å². The first-order valence-corrected chi connectivity index (χ1v) is 20.9. The van der Waals surface area contributed by atoms with E-state index in [1.807, 2.05) is 53.2 Å². The lowest BCUT2D eigenvalue weighted by Crippen LogP contribution is -2.74. The summed E-state index contributed by atoms with van der Waals surface area (Å²) >= 11 is 0. The molecule has 6 heterocycles. The quantitative estimate of drug-likeness (QED) is 0.0394. The number of carbonyl (C=O) groups excluding carboxylic acids is 1. The summed E-state index contributed by atoms with van der Waals surface area (Å²) in [4.78, 5) is 27.2. The maximum absolute atomic E-state index is 12.7. The zero-order chi connectivity index (χ0) is 45.6. The van der Waals surface area contributed by atoms with Gasteiger partial charge in [-0.2, -0.15) is 0 Å². The molecular weight excluding hydrogens is 853 g/mol. The molecule has 20 heteroatoms. The van der Waals surface area contributed by atoms with Gasteiger partial charge in [-0.05, 0) is 41.6 Å². The molecule has 1 spiro atoms. The Hall–Kier alpha value is -6.36. The van der Waals surface area contributed by atoms with E-state index in [0.717, 1.165) is 22.0 Å². The van der Waals surface area contributed by atoms with Crippen LogP contribution in [0.2, 0.25) is 0 Å². The highest BCUT2D eigenvalue weighted by Crippen LogP contribution is 2.59. The number of carbonyl (C=O) groups is 2. The monoisotopic (exact) mass is 900 g/mol. The molecule has 4 aliphatic rings. The molecule has 0 radical (unpaired) electrons. The van der Waals surface area contributed by atoms with Gasteiger partial charge >= 0.3 is 11.9 Å². The molecule has 20 nitrogen and oxygen atoms in total. The number of rotatable bonds is 15. The Kier molecular flexibility index (Phi) is 12.1. The fraction of sp³-hybridized carbons (Fsp3) is 0.378. The highest BCUT2D eigenvalue weighted by molar-refractivity contribution is 5.90. The van der Waals surface area contributed by atoms with Gasteiger partial charge in [-0.3, -0.25) is 9.59 Å². The number of aliphatic hydroxyl groups excluding tert-OH is 6. The molecule has 0 saturated carbocycles. The van der Waals surface area contributed by atoms with Crippen LogP contribution >= 0.6 is 0 Å². The van der Waals surface area contributed by atoms with Crippen LogP contribution in [0.15, 0.2) is 85.3 Å². The molecule has 65 heavy (non-hydrogen) atoms. The Bertz CT molecular complexity index is 2580. The fourth-order valence-corrected chi connectivity index (χ4v) is 9.34. The van der Waals surface area contributed by atoms with Crippen molar-refractivity contribution in [2.75, 3.05) is 20.0 Å². The molecule has 1 fully saturated rings. The topological polar surface area (TPSA) is 299 Å². The number of hydrogen-bond acceptors (Lipinski definition) is 17. The minimum Gasteiger partial charge on any atom is -0.489 e. The summed E-state index contributed by atoms with van der Waals surface area (Å²) < 4.78 is 45.4. The molecule has 0 amide bonds. The zero-order valence-electron chi connectivity index (χ0n) is 34.6.